The third-order valence-corrected chi connectivity index (χ3v) is 5.04. The minimum absolute atomic E-state index is 0.0387. The third-order valence-electron chi connectivity index (χ3n) is 5.04. The van der Waals surface area contributed by atoms with Crippen LogP contribution >= 0.6 is 0 Å². The van der Waals surface area contributed by atoms with Crippen molar-refractivity contribution >= 4 is 17.2 Å². The molecule has 0 saturated carbocycles. The average molecular weight is 467 g/mol. The molecule has 1 atom stereocenters. The number of nitrogen functional groups attached to an aromatic ring is 1. The standard InChI is InChI=1S/C24H17F4N5O/c1-14(17-3-2-4-18(25)11-17)32-23(34)19-13-31-33-8-7-15(10-21(19)33)5-6-16-9-20(24(26,27)28)22(29)30-12-16/h2-4,7-14H,1H3,(H2,29,30)(H,32,34)/t14-/m0/s1. The molecule has 0 aliphatic rings. The quantitative estimate of drug-likeness (QED) is 0.346. The zero-order chi connectivity index (χ0) is 24.5. The number of fused-ring (bicyclic) bond motifs is 1. The van der Waals surface area contributed by atoms with Crippen molar-refractivity contribution in [2.24, 2.45) is 0 Å². The Bertz CT molecular complexity index is 1450. The van der Waals surface area contributed by atoms with E-state index >= 15 is 0 Å². The van der Waals surface area contributed by atoms with Crippen molar-refractivity contribution in [1.82, 2.24) is 19.9 Å². The number of alkyl halides is 3. The molecule has 1 amide bonds. The van der Waals surface area contributed by atoms with Gasteiger partial charge in [-0.25, -0.2) is 13.9 Å². The maximum absolute atomic E-state index is 13.5. The van der Waals surface area contributed by atoms with Crippen molar-refractivity contribution < 1.29 is 22.4 Å². The highest BCUT2D eigenvalue weighted by Crippen LogP contribution is 2.32. The van der Waals surface area contributed by atoms with Gasteiger partial charge in [0.05, 0.1) is 28.9 Å². The molecule has 0 bridgehead atoms. The summed E-state index contributed by atoms with van der Waals surface area (Å²) in [5.74, 6) is 3.95. The number of pyridine rings is 2. The molecule has 1 aromatic carbocycles. The van der Waals surface area contributed by atoms with Crippen LogP contribution in [0.4, 0.5) is 23.4 Å². The van der Waals surface area contributed by atoms with Crippen molar-refractivity contribution in [3.05, 3.63) is 94.7 Å². The zero-order valence-corrected chi connectivity index (χ0v) is 17.7. The van der Waals surface area contributed by atoms with E-state index in [-0.39, 0.29) is 11.1 Å². The van der Waals surface area contributed by atoms with Crippen molar-refractivity contribution in [1.29, 1.82) is 0 Å². The number of carbonyl (C=O) groups excluding carboxylic acids is 1. The molecule has 172 valence electrons. The summed E-state index contributed by atoms with van der Waals surface area (Å²) < 4.78 is 54.1. The lowest BCUT2D eigenvalue weighted by Gasteiger charge is -2.14. The van der Waals surface area contributed by atoms with Gasteiger partial charge in [-0.2, -0.15) is 18.3 Å². The maximum atomic E-state index is 13.5. The summed E-state index contributed by atoms with van der Waals surface area (Å²) in [6, 6.07) is 9.50. The lowest BCUT2D eigenvalue weighted by molar-refractivity contribution is -0.137. The molecule has 3 aromatic heterocycles. The lowest BCUT2D eigenvalue weighted by atomic mass is 10.1. The van der Waals surface area contributed by atoms with Gasteiger partial charge in [0.1, 0.15) is 11.6 Å². The topological polar surface area (TPSA) is 85.3 Å². The van der Waals surface area contributed by atoms with E-state index in [1.807, 2.05) is 0 Å². The molecule has 0 saturated heterocycles. The van der Waals surface area contributed by atoms with Gasteiger partial charge in [-0.3, -0.25) is 4.79 Å². The van der Waals surface area contributed by atoms with E-state index < -0.39 is 35.3 Å². The Kier molecular flexibility index (Phi) is 5.94. The largest absolute Gasteiger partial charge is 0.419 e. The van der Waals surface area contributed by atoms with Crippen LogP contribution in [0.3, 0.4) is 0 Å². The molecule has 0 radical (unpaired) electrons. The highest BCUT2D eigenvalue weighted by atomic mass is 19.4. The van der Waals surface area contributed by atoms with Crippen LogP contribution < -0.4 is 11.1 Å². The molecular formula is C24H17F4N5O. The summed E-state index contributed by atoms with van der Waals surface area (Å²) in [4.78, 5) is 16.4. The van der Waals surface area contributed by atoms with E-state index in [1.54, 1.807) is 37.4 Å². The van der Waals surface area contributed by atoms with Gasteiger partial charge < -0.3 is 11.1 Å². The van der Waals surface area contributed by atoms with Crippen LogP contribution in [-0.4, -0.2) is 20.5 Å². The zero-order valence-electron chi connectivity index (χ0n) is 17.7. The molecule has 3 heterocycles. The van der Waals surface area contributed by atoms with Crippen LogP contribution in [-0.2, 0) is 6.18 Å². The van der Waals surface area contributed by atoms with Gasteiger partial charge >= 0.3 is 6.18 Å². The number of rotatable bonds is 3. The first-order valence-corrected chi connectivity index (χ1v) is 10.0. The predicted molar refractivity (Wildman–Crippen MR) is 117 cm³/mol. The average Bonchev–Trinajstić information content (AvgIpc) is 3.21. The van der Waals surface area contributed by atoms with Crippen LogP contribution in [0.5, 0.6) is 0 Å². The maximum Gasteiger partial charge on any atom is 0.419 e. The molecule has 0 unspecified atom stereocenters. The fourth-order valence-corrected chi connectivity index (χ4v) is 3.28. The number of benzene rings is 1. The number of hydrogen-bond donors (Lipinski definition) is 2. The third kappa shape index (κ3) is 4.83. The van der Waals surface area contributed by atoms with Gasteiger partial charge in [-0.1, -0.05) is 24.0 Å². The number of nitrogens with two attached hydrogens (primary N) is 1. The molecule has 0 spiro atoms. The van der Waals surface area contributed by atoms with Gasteiger partial charge in [0.25, 0.3) is 5.91 Å². The van der Waals surface area contributed by atoms with E-state index in [4.69, 9.17) is 5.73 Å². The Hall–Kier alpha value is -4.39. The first-order valence-electron chi connectivity index (χ1n) is 10.0. The Morgan fingerprint density at radius 3 is 2.62 bits per heavy atom. The first kappa shape index (κ1) is 22.8. The minimum atomic E-state index is -4.64. The Labute approximate surface area is 191 Å². The van der Waals surface area contributed by atoms with Gasteiger partial charge in [-0.05, 0) is 42.8 Å². The van der Waals surface area contributed by atoms with E-state index in [9.17, 15) is 22.4 Å². The summed E-state index contributed by atoms with van der Waals surface area (Å²) in [6.45, 7) is 1.73. The Morgan fingerprint density at radius 1 is 1.12 bits per heavy atom. The monoisotopic (exact) mass is 467 g/mol. The number of amides is 1. The smallest absolute Gasteiger partial charge is 0.383 e. The lowest BCUT2D eigenvalue weighted by Crippen LogP contribution is -2.26. The highest BCUT2D eigenvalue weighted by Gasteiger charge is 2.33. The van der Waals surface area contributed by atoms with E-state index in [0.29, 0.717) is 16.6 Å². The van der Waals surface area contributed by atoms with Gasteiger partial charge in [0, 0.05) is 23.5 Å². The molecule has 0 aliphatic carbocycles. The van der Waals surface area contributed by atoms with Crippen molar-refractivity contribution in [3.63, 3.8) is 0 Å². The number of anilines is 1. The minimum Gasteiger partial charge on any atom is -0.383 e. The van der Waals surface area contributed by atoms with Gasteiger partial charge in [0.15, 0.2) is 0 Å². The molecule has 6 nitrogen and oxygen atoms in total. The molecule has 4 aromatic rings. The van der Waals surface area contributed by atoms with Crippen LogP contribution in [0.1, 0.15) is 45.6 Å². The molecule has 4 rings (SSSR count). The second-order valence-corrected chi connectivity index (χ2v) is 7.46. The summed E-state index contributed by atoms with van der Waals surface area (Å²) in [5, 5.41) is 6.94. The second kappa shape index (κ2) is 8.86. The fourth-order valence-electron chi connectivity index (χ4n) is 3.28. The predicted octanol–water partition coefficient (Wildman–Crippen LogP) is 4.36. The molecule has 0 fully saturated rings. The number of nitrogens with one attached hydrogen (secondary N) is 1. The van der Waals surface area contributed by atoms with Crippen LogP contribution in [0.25, 0.3) is 5.52 Å². The number of hydrogen-bond acceptors (Lipinski definition) is 4. The number of halogens is 4. The summed E-state index contributed by atoms with van der Waals surface area (Å²) in [7, 11) is 0. The van der Waals surface area contributed by atoms with E-state index in [2.05, 4.69) is 27.2 Å². The van der Waals surface area contributed by atoms with Crippen LogP contribution in [0, 0.1) is 17.7 Å². The molecule has 34 heavy (non-hydrogen) atoms. The molecule has 0 aliphatic heterocycles. The van der Waals surface area contributed by atoms with Crippen LogP contribution in [0.15, 0.2) is 61.1 Å². The molecular weight excluding hydrogens is 450 g/mol. The van der Waals surface area contributed by atoms with Gasteiger partial charge in [0.2, 0.25) is 0 Å². The van der Waals surface area contributed by atoms with E-state index in [1.165, 1.54) is 22.8 Å². The summed E-state index contributed by atoms with van der Waals surface area (Å²) >= 11 is 0. The van der Waals surface area contributed by atoms with E-state index in [0.717, 1.165) is 12.3 Å². The fraction of sp³-hybridized carbons (Fsp3) is 0.125. The number of carbonyl (C=O) groups is 1. The first-order chi connectivity index (χ1) is 16.1. The van der Waals surface area contributed by atoms with Crippen molar-refractivity contribution in [2.45, 2.75) is 19.1 Å². The van der Waals surface area contributed by atoms with Crippen molar-refractivity contribution in [3.8, 4) is 11.8 Å². The SMILES string of the molecule is C[C@H](NC(=O)c1cnn2ccc(C#Cc3cnc(N)c(C(F)(F)F)c3)cc12)c1cccc(F)c1. The van der Waals surface area contributed by atoms with Gasteiger partial charge in [-0.15, -0.1) is 0 Å². The van der Waals surface area contributed by atoms with Crippen molar-refractivity contribution in [2.75, 3.05) is 5.73 Å². The number of nitrogens with zero attached hydrogens (tertiary/aromatic N) is 3. The normalized spacial score (nSPS) is 12.1. The number of aromatic nitrogens is 3. The molecule has 10 heteroatoms. The van der Waals surface area contributed by atoms with Crippen LogP contribution in [0.2, 0.25) is 0 Å². The Balaban J connectivity index is 1.60. The molecule has 3 N–H and O–H groups in total. The highest BCUT2D eigenvalue weighted by molar-refractivity contribution is 6.01. The second-order valence-electron chi connectivity index (χ2n) is 7.46. The Morgan fingerprint density at radius 2 is 1.88 bits per heavy atom. The summed E-state index contributed by atoms with van der Waals surface area (Å²) in [5.41, 5.74) is 6.06. The summed E-state index contributed by atoms with van der Waals surface area (Å²) in [6.07, 6.45) is -0.522.